The normalized spacial score (nSPS) is 22.4. The van der Waals surface area contributed by atoms with Gasteiger partial charge in [0.1, 0.15) is 0 Å². The average molecular weight is 309 g/mol. The number of halogens is 1. The Bertz CT molecular complexity index is 431. The first-order valence-corrected chi connectivity index (χ1v) is 8.17. The molecule has 0 saturated carbocycles. The summed E-state index contributed by atoms with van der Waals surface area (Å²) < 4.78 is 0. The molecule has 0 nitrogen and oxygen atoms in total. The largest absolute Gasteiger partial charge is 0.0838 e. The van der Waals surface area contributed by atoms with Gasteiger partial charge in [0.2, 0.25) is 0 Å². The zero-order chi connectivity index (χ0) is 13.3. The third-order valence-corrected chi connectivity index (χ3v) is 5.18. The Morgan fingerprint density at radius 3 is 2.39 bits per heavy atom. The molecule has 0 fully saturated rings. The molecular weight excluding hydrogens is 284 g/mol. The number of hydrogen-bond donors (Lipinski definition) is 0. The quantitative estimate of drug-likeness (QED) is 0.492. The summed E-state index contributed by atoms with van der Waals surface area (Å²) in [5.41, 5.74) is 6.81. The molecule has 1 aliphatic rings. The molecule has 2 rings (SSSR count). The van der Waals surface area contributed by atoms with E-state index in [4.69, 9.17) is 0 Å². The molecule has 0 spiro atoms. The van der Waals surface area contributed by atoms with E-state index in [1.807, 2.05) is 0 Å². The highest BCUT2D eigenvalue weighted by Crippen LogP contribution is 2.45. The van der Waals surface area contributed by atoms with Crippen LogP contribution in [0.2, 0.25) is 0 Å². The molecule has 100 valence electrons. The third-order valence-electron chi connectivity index (χ3n) is 4.40. The Balaban J connectivity index is 2.55. The van der Waals surface area contributed by atoms with Crippen molar-refractivity contribution in [3.05, 3.63) is 34.4 Å². The Morgan fingerprint density at radius 2 is 1.78 bits per heavy atom. The van der Waals surface area contributed by atoms with E-state index in [2.05, 4.69) is 55.8 Å². The third kappa shape index (κ3) is 2.66. The van der Waals surface area contributed by atoms with Crippen molar-refractivity contribution in [1.82, 2.24) is 0 Å². The zero-order valence-corrected chi connectivity index (χ0v) is 13.7. The molecule has 1 atom stereocenters. The fourth-order valence-electron chi connectivity index (χ4n) is 3.24. The zero-order valence-electron chi connectivity index (χ0n) is 12.1. The first-order chi connectivity index (χ1) is 8.48. The molecule has 1 unspecified atom stereocenters. The van der Waals surface area contributed by atoms with Crippen LogP contribution in [0, 0.1) is 5.41 Å². The second-order valence-corrected chi connectivity index (χ2v) is 7.42. The first kappa shape index (κ1) is 14.1. The fraction of sp³-hybridized carbons (Fsp3) is 0.647. The van der Waals surface area contributed by atoms with Gasteiger partial charge in [-0.25, -0.2) is 0 Å². The molecule has 0 amide bonds. The minimum atomic E-state index is 0.448. The van der Waals surface area contributed by atoms with Gasteiger partial charge < -0.3 is 0 Å². The van der Waals surface area contributed by atoms with Crippen LogP contribution in [-0.2, 0) is 19.3 Å². The van der Waals surface area contributed by atoms with Crippen LogP contribution in [0.4, 0.5) is 0 Å². The number of benzene rings is 1. The van der Waals surface area contributed by atoms with Crippen molar-refractivity contribution in [3.8, 4) is 0 Å². The molecule has 1 heteroatoms. The van der Waals surface area contributed by atoms with Gasteiger partial charge in [0.15, 0.2) is 0 Å². The molecular formula is C17H25Br. The Labute approximate surface area is 120 Å². The van der Waals surface area contributed by atoms with E-state index < -0.39 is 0 Å². The second-order valence-electron chi connectivity index (χ2n) is 6.32. The minimum absolute atomic E-state index is 0.448. The number of aryl methyl sites for hydroxylation is 2. The lowest BCUT2D eigenvalue weighted by Crippen LogP contribution is -2.11. The molecule has 0 aliphatic heterocycles. The van der Waals surface area contributed by atoms with Gasteiger partial charge >= 0.3 is 0 Å². The summed E-state index contributed by atoms with van der Waals surface area (Å²) >= 11 is 3.97. The highest BCUT2D eigenvalue weighted by Gasteiger charge is 2.30. The van der Waals surface area contributed by atoms with Gasteiger partial charge in [-0.3, -0.25) is 0 Å². The maximum absolute atomic E-state index is 3.97. The van der Waals surface area contributed by atoms with Gasteiger partial charge in [-0.1, -0.05) is 55.8 Å². The van der Waals surface area contributed by atoms with Crippen LogP contribution in [-0.4, -0.2) is 0 Å². The van der Waals surface area contributed by atoms with Crippen molar-refractivity contribution in [2.45, 2.75) is 64.6 Å². The molecule has 18 heavy (non-hydrogen) atoms. The summed E-state index contributed by atoms with van der Waals surface area (Å²) in [6.07, 6.45) is 6.12. The lowest BCUT2D eigenvalue weighted by atomic mass is 9.84. The maximum atomic E-state index is 3.97. The predicted molar refractivity (Wildman–Crippen MR) is 83.6 cm³/mol. The van der Waals surface area contributed by atoms with Crippen LogP contribution in [0.5, 0.6) is 0 Å². The molecule has 0 saturated heterocycles. The van der Waals surface area contributed by atoms with E-state index in [1.165, 1.54) is 19.3 Å². The number of rotatable bonds is 2. The highest BCUT2D eigenvalue weighted by molar-refractivity contribution is 9.09. The molecule has 1 aromatic carbocycles. The Kier molecular flexibility index (Phi) is 4.21. The van der Waals surface area contributed by atoms with Crippen LogP contribution in [0.15, 0.2) is 12.1 Å². The van der Waals surface area contributed by atoms with Crippen molar-refractivity contribution < 1.29 is 0 Å². The number of hydrogen-bond acceptors (Lipinski definition) is 0. The standard InChI is InChI=1S/C17H25Br/c1-5-12-7-8-13(6-2)16-14(12)9-10-17(3,4)11-15(16)18/h7-8,15H,5-6,9-11H2,1-4H3. The lowest BCUT2D eigenvalue weighted by Gasteiger charge is -2.24. The summed E-state index contributed by atoms with van der Waals surface area (Å²) in [5.74, 6) is 0. The Morgan fingerprint density at radius 1 is 1.17 bits per heavy atom. The topological polar surface area (TPSA) is 0 Å². The predicted octanol–water partition coefficient (Wildman–Crippen LogP) is 5.61. The van der Waals surface area contributed by atoms with Crippen LogP contribution >= 0.6 is 15.9 Å². The SMILES string of the molecule is CCc1ccc(CC)c2c1CCC(C)(C)CC2Br. The van der Waals surface area contributed by atoms with E-state index >= 15 is 0 Å². The monoisotopic (exact) mass is 308 g/mol. The van der Waals surface area contributed by atoms with Crippen LogP contribution < -0.4 is 0 Å². The van der Waals surface area contributed by atoms with Crippen LogP contribution in [0.25, 0.3) is 0 Å². The van der Waals surface area contributed by atoms with E-state index in [0.29, 0.717) is 10.2 Å². The molecule has 0 N–H and O–H groups in total. The van der Waals surface area contributed by atoms with E-state index in [0.717, 1.165) is 12.8 Å². The molecule has 0 bridgehead atoms. The number of alkyl halides is 1. The van der Waals surface area contributed by atoms with Gasteiger partial charge in [-0.05, 0) is 59.8 Å². The number of fused-ring (bicyclic) bond motifs is 1. The summed E-state index contributed by atoms with van der Waals surface area (Å²) in [5, 5.41) is 0. The van der Waals surface area contributed by atoms with Crippen molar-refractivity contribution in [1.29, 1.82) is 0 Å². The van der Waals surface area contributed by atoms with Crippen molar-refractivity contribution in [3.63, 3.8) is 0 Å². The average Bonchev–Trinajstić information content (AvgIpc) is 2.45. The lowest BCUT2D eigenvalue weighted by molar-refractivity contribution is 0.316. The second kappa shape index (κ2) is 5.36. The summed E-state index contributed by atoms with van der Waals surface area (Å²) in [6.45, 7) is 9.37. The van der Waals surface area contributed by atoms with Gasteiger partial charge in [-0.15, -0.1) is 0 Å². The Hall–Kier alpha value is -0.300. The van der Waals surface area contributed by atoms with E-state index in [-0.39, 0.29) is 0 Å². The van der Waals surface area contributed by atoms with E-state index in [1.54, 1.807) is 22.3 Å². The van der Waals surface area contributed by atoms with Gasteiger partial charge in [0, 0.05) is 4.83 Å². The summed E-state index contributed by atoms with van der Waals surface area (Å²) in [6, 6.07) is 4.71. The van der Waals surface area contributed by atoms with Crippen molar-refractivity contribution in [2.75, 3.05) is 0 Å². The molecule has 0 heterocycles. The van der Waals surface area contributed by atoms with Crippen molar-refractivity contribution in [2.24, 2.45) is 5.41 Å². The minimum Gasteiger partial charge on any atom is -0.0838 e. The van der Waals surface area contributed by atoms with Gasteiger partial charge in [0.05, 0.1) is 0 Å². The van der Waals surface area contributed by atoms with Crippen LogP contribution in [0.3, 0.4) is 0 Å². The summed E-state index contributed by atoms with van der Waals surface area (Å²) in [4.78, 5) is 0.534. The first-order valence-electron chi connectivity index (χ1n) is 7.26. The van der Waals surface area contributed by atoms with E-state index in [9.17, 15) is 0 Å². The molecule has 0 radical (unpaired) electrons. The van der Waals surface area contributed by atoms with Gasteiger partial charge in [0.25, 0.3) is 0 Å². The molecule has 1 aliphatic carbocycles. The molecule has 0 aromatic heterocycles. The fourth-order valence-corrected chi connectivity index (χ4v) is 4.68. The molecule has 1 aromatic rings. The van der Waals surface area contributed by atoms with Crippen molar-refractivity contribution >= 4 is 15.9 Å². The maximum Gasteiger partial charge on any atom is 0.0405 e. The highest BCUT2D eigenvalue weighted by atomic mass is 79.9. The van der Waals surface area contributed by atoms with Crippen LogP contribution in [0.1, 0.15) is 67.6 Å². The summed E-state index contributed by atoms with van der Waals surface area (Å²) in [7, 11) is 0. The smallest absolute Gasteiger partial charge is 0.0405 e. The van der Waals surface area contributed by atoms with Gasteiger partial charge in [-0.2, -0.15) is 0 Å².